The van der Waals surface area contributed by atoms with Gasteiger partial charge in [-0.3, -0.25) is 4.79 Å². The van der Waals surface area contributed by atoms with Gasteiger partial charge in [0, 0.05) is 5.56 Å². The number of benzene rings is 3. The number of hydrogen-bond donors (Lipinski definition) is 2. The van der Waals surface area contributed by atoms with E-state index in [-0.39, 0.29) is 17.4 Å². The molecule has 1 aliphatic heterocycles. The van der Waals surface area contributed by atoms with Gasteiger partial charge in [-0.05, 0) is 42.0 Å². The molecule has 1 aliphatic rings. The Morgan fingerprint density at radius 3 is 2.31 bits per heavy atom. The summed E-state index contributed by atoms with van der Waals surface area (Å²) in [6.45, 7) is 0. The fraction of sp³-hybridized carbons (Fsp3) is 0. The Morgan fingerprint density at radius 2 is 1.62 bits per heavy atom. The van der Waals surface area contributed by atoms with E-state index in [2.05, 4.69) is 5.10 Å². The molecule has 0 spiro atoms. The molecule has 7 heteroatoms. The van der Waals surface area contributed by atoms with Crippen molar-refractivity contribution in [3.05, 3.63) is 93.5 Å². The average Bonchev–Trinajstić information content (AvgIpc) is 3.04. The van der Waals surface area contributed by atoms with Gasteiger partial charge in [0.25, 0.3) is 5.91 Å². The molecule has 4 rings (SSSR count). The normalized spacial score (nSPS) is 15.1. The summed E-state index contributed by atoms with van der Waals surface area (Å²) < 4.78 is 0. The van der Waals surface area contributed by atoms with Crippen LogP contribution in [0.2, 0.25) is 10.0 Å². The minimum atomic E-state index is -0.352. The number of rotatable bonds is 3. The number of nitrogens with zero attached hydrogens (tertiary/aromatic N) is 2. The maximum absolute atomic E-state index is 13.2. The summed E-state index contributed by atoms with van der Waals surface area (Å²) in [5.41, 5.74) is 2.61. The summed E-state index contributed by atoms with van der Waals surface area (Å²) in [6.07, 6.45) is 1.62. The molecule has 0 saturated carbocycles. The lowest BCUT2D eigenvalue weighted by Gasteiger charge is -2.12. The van der Waals surface area contributed by atoms with Crippen molar-refractivity contribution in [2.75, 3.05) is 5.01 Å². The second-order valence-electron chi connectivity index (χ2n) is 6.34. The molecule has 0 atom stereocenters. The fourth-order valence-electron chi connectivity index (χ4n) is 2.94. The van der Waals surface area contributed by atoms with E-state index in [1.165, 1.54) is 17.1 Å². The Bertz CT molecular complexity index is 1170. The lowest BCUT2D eigenvalue weighted by Crippen LogP contribution is -2.21. The van der Waals surface area contributed by atoms with Gasteiger partial charge in [0.1, 0.15) is 5.71 Å². The standard InChI is InChI=1S/C22H14Cl2N2O3/c23-17-8-7-15(12-18(17)24)26-22(29)16(10-13-6-9-19(27)20(28)11-13)21(25-26)14-4-2-1-3-5-14/h1-12,27-28H. The second-order valence-corrected chi connectivity index (χ2v) is 7.15. The molecular weight excluding hydrogens is 411 g/mol. The van der Waals surface area contributed by atoms with Crippen LogP contribution in [0, 0.1) is 0 Å². The lowest BCUT2D eigenvalue weighted by molar-refractivity contribution is -0.114. The van der Waals surface area contributed by atoms with E-state index in [1.807, 2.05) is 30.3 Å². The van der Waals surface area contributed by atoms with Crippen LogP contribution in [0.25, 0.3) is 6.08 Å². The molecule has 3 aromatic rings. The maximum atomic E-state index is 13.2. The van der Waals surface area contributed by atoms with Crippen molar-refractivity contribution in [2.24, 2.45) is 5.10 Å². The van der Waals surface area contributed by atoms with Gasteiger partial charge in [-0.25, -0.2) is 0 Å². The van der Waals surface area contributed by atoms with E-state index in [1.54, 1.807) is 30.3 Å². The third-order valence-corrected chi connectivity index (χ3v) is 5.12. The fourth-order valence-corrected chi connectivity index (χ4v) is 3.24. The number of hydrazone groups is 1. The summed E-state index contributed by atoms with van der Waals surface area (Å²) in [5, 5.41) is 25.8. The number of phenolic OH excluding ortho intramolecular Hbond substituents is 2. The Kier molecular flexibility index (Phi) is 5.01. The molecule has 3 aromatic carbocycles. The van der Waals surface area contributed by atoms with E-state index < -0.39 is 0 Å². The minimum Gasteiger partial charge on any atom is -0.504 e. The van der Waals surface area contributed by atoms with Crippen molar-refractivity contribution in [2.45, 2.75) is 0 Å². The second kappa shape index (κ2) is 7.62. The molecule has 0 aliphatic carbocycles. The predicted octanol–water partition coefficient (Wildman–Crippen LogP) is 5.24. The number of carbonyl (C=O) groups excluding carboxylic acids is 1. The van der Waals surface area contributed by atoms with Gasteiger partial charge in [0.15, 0.2) is 11.5 Å². The number of amides is 1. The molecule has 0 aromatic heterocycles. The zero-order valence-electron chi connectivity index (χ0n) is 14.9. The molecule has 0 saturated heterocycles. The highest BCUT2D eigenvalue weighted by Gasteiger charge is 2.32. The first kappa shape index (κ1) is 19.1. The first-order valence-electron chi connectivity index (χ1n) is 8.61. The highest BCUT2D eigenvalue weighted by atomic mass is 35.5. The van der Waals surface area contributed by atoms with Crippen LogP contribution >= 0.6 is 23.2 Å². The summed E-state index contributed by atoms with van der Waals surface area (Å²) in [4.78, 5) is 13.2. The van der Waals surface area contributed by atoms with E-state index in [0.717, 1.165) is 5.56 Å². The monoisotopic (exact) mass is 424 g/mol. The SMILES string of the molecule is O=C1C(=Cc2ccc(O)c(O)c2)C(c2ccccc2)=NN1c1ccc(Cl)c(Cl)c1. The minimum absolute atomic E-state index is 0.237. The smallest absolute Gasteiger partial charge is 0.281 e. The summed E-state index contributed by atoms with van der Waals surface area (Å²) in [7, 11) is 0. The van der Waals surface area contributed by atoms with Gasteiger partial charge in [0.2, 0.25) is 0 Å². The Labute approximate surface area is 176 Å². The number of halogens is 2. The Hall–Kier alpha value is -3.28. The van der Waals surface area contributed by atoms with Crippen molar-refractivity contribution < 1.29 is 15.0 Å². The molecule has 1 amide bonds. The van der Waals surface area contributed by atoms with Crippen LogP contribution in [0.5, 0.6) is 11.5 Å². The van der Waals surface area contributed by atoms with Crippen LogP contribution < -0.4 is 5.01 Å². The third kappa shape index (κ3) is 3.70. The van der Waals surface area contributed by atoms with Gasteiger partial charge < -0.3 is 10.2 Å². The molecule has 29 heavy (non-hydrogen) atoms. The largest absolute Gasteiger partial charge is 0.504 e. The summed E-state index contributed by atoms with van der Waals surface area (Å²) in [5.74, 6) is -0.863. The van der Waals surface area contributed by atoms with Crippen molar-refractivity contribution in [1.29, 1.82) is 0 Å². The van der Waals surface area contributed by atoms with E-state index in [9.17, 15) is 15.0 Å². The highest BCUT2D eigenvalue weighted by Crippen LogP contribution is 2.33. The molecule has 0 fully saturated rings. The molecule has 0 bridgehead atoms. The van der Waals surface area contributed by atoms with Crippen LogP contribution in [-0.2, 0) is 4.79 Å². The van der Waals surface area contributed by atoms with Crippen LogP contribution in [-0.4, -0.2) is 21.8 Å². The topological polar surface area (TPSA) is 73.1 Å². The van der Waals surface area contributed by atoms with Crippen molar-refractivity contribution in [3.63, 3.8) is 0 Å². The zero-order valence-corrected chi connectivity index (χ0v) is 16.4. The molecule has 0 radical (unpaired) electrons. The zero-order chi connectivity index (χ0) is 20.5. The van der Waals surface area contributed by atoms with E-state index >= 15 is 0 Å². The van der Waals surface area contributed by atoms with Crippen LogP contribution in [0.3, 0.4) is 0 Å². The predicted molar refractivity (Wildman–Crippen MR) is 115 cm³/mol. The average molecular weight is 425 g/mol. The van der Waals surface area contributed by atoms with Gasteiger partial charge in [-0.15, -0.1) is 0 Å². The van der Waals surface area contributed by atoms with Crippen LogP contribution in [0.15, 0.2) is 77.4 Å². The summed E-state index contributed by atoms with van der Waals surface area (Å²) in [6, 6.07) is 18.5. The number of anilines is 1. The van der Waals surface area contributed by atoms with Crippen LogP contribution in [0.1, 0.15) is 11.1 Å². The first-order valence-corrected chi connectivity index (χ1v) is 9.37. The molecule has 2 N–H and O–H groups in total. The summed E-state index contributed by atoms with van der Waals surface area (Å²) >= 11 is 12.1. The molecule has 144 valence electrons. The van der Waals surface area contributed by atoms with Crippen molar-refractivity contribution >= 4 is 46.6 Å². The number of aromatic hydroxyl groups is 2. The molecule has 1 heterocycles. The number of phenols is 2. The molecular formula is C22H14Cl2N2O3. The molecule has 0 unspecified atom stereocenters. The van der Waals surface area contributed by atoms with E-state index in [0.29, 0.717) is 32.6 Å². The highest BCUT2D eigenvalue weighted by molar-refractivity contribution is 6.42. The van der Waals surface area contributed by atoms with Crippen molar-refractivity contribution in [3.8, 4) is 11.5 Å². The Morgan fingerprint density at radius 1 is 0.862 bits per heavy atom. The number of carbonyl (C=O) groups is 1. The Balaban J connectivity index is 1.83. The van der Waals surface area contributed by atoms with Gasteiger partial charge >= 0.3 is 0 Å². The van der Waals surface area contributed by atoms with Gasteiger partial charge in [0.05, 0.1) is 21.3 Å². The molecule has 5 nitrogen and oxygen atoms in total. The third-order valence-electron chi connectivity index (χ3n) is 4.38. The number of hydrogen-bond acceptors (Lipinski definition) is 4. The van der Waals surface area contributed by atoms with Gasteiger partial charge in [-0.1, -0.05) is 59.6 Å². The first-order chi connectivity index (χ1) is 13.9. The van der Waals surface area contributed by atoms with E-state index in [4.69, 9.17) is 23.2 Å². The van der Waals surface area contributed by atoms with Crippen molar-refractivity contribution in [1.82, 2.24) is 0 Å². The van der Waals surface area contributed by atoms with Crippen LogP contribution in [0.4, 0.5) is 5.69 Å². The maximum Gasteiger partial charge on any atom is 0.281 e. The van der Waals surface area contributed by atoms with Gasteiger partial charge in [-0.2, -0.15) is 10.1 Å². The lowest BCUT2D eigenvalue weighted by atomic mass is 10.00. The quantitative estimate of drug-likeness (QED) is 0.445.